The Bertz CT molecular complexity index is 146. The summed E-state index contributed by atoms with van der Waals surface area (Å²) >= 11 is 0. The maximum atomic E-state index is 3.36. The van der Waals surface area contributed by atoms with E-state index in [4.69, 9.17) is 0 Å². The molecule has 0 radical (unpaired) electrons. The lowest BCUT2D eigenvalue weighted by atomic mass is 10.2. The zero-order chi connectivity index (χ0) is 8.81. The van der Waals surface area contributed by atoms with Gasteiger partial charge in [-0.1, -0.05) is 18.6 Å². The predicted molar refractivity (Wildman–Crippen MR) is 53.4 cm³/mol. The van der Waals surface area contributed by atoms with Crippen molar-refractivity contribution in [3.63, 3.8) is 0 Å². The molecule has 0 saturated carbocycles. The third kappa shape index (κ3) is 3.37. The molecule has 1 N–H and O–H groups in total. The van der Waals surface area contributed by atoms with Crippen LogP contribution in [0.25, 0.3) is 0 Å². The fourth-order valence-corrected chi connectivity index (χ4v) is 1.63. The minimum Gasteiger partial charge on any atom is -0.314 e. The highest BCUT2D eigenvalue weighted by molar-refractivity contribution is 5.00. The lowest BCUT2D eigenvalue weighted by Crippen LogP contribution is -2.43. The summed E-state index contributed by atoms with van der Waals surface area (Å²) in [5, 5.41) is 3.36. The molecule has 12 heavy (non-hydrogen) atoms. The Kier molecular flexibility index (Phi) is 4.33. The summed E-state index contributed by atoms with van der Waals surface area (Å²) < 4.78 is 0. The largest absolute Gasteiger partial charge is 0.314 e. The van der Waals surface area contributed by atoms with Crippen LogP contribution in [0.2, 0.25) is 0 Å². The molecule has 0 aliphatic carbocycles. The molecular formula is C10H20N2. The molecule has 1 rings (SSSR count). The number of allylic oxidation sites excluding steroid dienone is 1. The van der Waals surface area contributed by atoms with E-state index >= 15 is 0 Å². The standard InChI is InChI=1S/C10H20N2/c1-3-4-10(2)9-12-7-5-11-6-8-12/h4,11H,3,5-9H2,1-2H3. The minimum atomic E-state index is 1.15. The van der Waals surface area contributed by atoms with Crippen molar-refractivity contribution in [2.24, 2.45) is 0 Å². The molecule has 70 valence electrons. The van der Waals surface area contributed by atoms with Crippen LogP contribution in [0.1, 0.15) is 20.3 Å². The van der Waals surface area contributed by atoms with Gasteiger partial charge in [-0.3, -0.25) is 4.90 Å². The predicted octanol–water partition coefficient (Wildman–Crippen LogP) is 1.25. The zero-order valence-electron chi connectivity index (χ0n) is 8.27. The Labute approximate surface area is 75.6 Å². The highest BCUT2D eigenvalue weighted by Crippen LogP contribution is 2.00. The maximum absolute atomic E-state index is 3.36. The molecule has 2 nitrogen and oxygen atoms in total. The second-order valence-corrected chi connectivity index (χ2v) is 3.48. The first-order chi connectivity index (χ1) is 5.83. The molecular weight excluding hydrogens is 148 g/mol. The van der Waals surface area contributed by atoms with Gasteiger partial charge in [-0.15, -0.1) is 0 Å². The van der Waals surface area contributed by atoms with Gasteiger partial charge in [-0.05, 0) is 13.3 Å². The van der Waals surface area contributed by atoms with Crippen LogP contribution in [-0.4, -0.2) is 37.6 Å². The van der Waals surface area contributed by atoms with Crippen LogP contribution in [0.5, 0.6) is 0 Å². The van der Waals surface area contributed by atoms with E-state index in [1.54, 1.807) is 0 Å². The fraction of sp³-hybridized carbons (Fsp3) is 0.800. The van der Waals surface area contributed by atoms with E-state index in [1.165, 1.54) is 18.7 Å². The van der Waals surface area contributed by atoms with Gasteiger partial charge in [0, 0.05) is 32.7 Å². The summed E-state index contributed by atoms with van der Waals surface area (Å²) in [6.07, 6.45) is 3.49. The molecule has 0 atom stereocenters. The fourth-order valence-electron chi connectivity index (χ4n) is 1.63. The number of hydrogen-bond acceptors (Lipinski definition) is 2. The molecule has 0 bridgehead atoms. The van der Waals surface area contributed by atoms with E-state index in [-0.39, 0.29) is 0 Å². The molecule has 0 aromatic rings. The van der Waals surface area contributed by atoms with Crippen molar-refractivity contribution < 1.29 is 0 Å². The van der Waals surface area contributed by atoms with Crippen LogP contribution in [-0.2, 0) is 0 Å². The molecule has 1 aliphatic heterocycles. The van der Waals surface area contributed by atoms with Gasteiger partial charge in [0.15, 0.2) is 0 Å². The summed E-state index contributed by atoms with van der Waals surface area (Å²) in [6, 6.07) is 0. The Balaban J connectivity index is 2.24. The van der Waals surface area contributed by atoms with E-state index in [0.717, 1.165) is 26.1 Å². The normalized spacial score (nSPS) is 21.3. The van der Waals surface area contributed by atoms with E-state index in [9.17, 15) is 0 Å². The zero-order valence-corrected chi connectivity index (χ0v) is 8.27. The highest BCUT2D eigenvalue weighted by Gasteiger charge is 2.08. The summed E-state index contributed by atoms with van der Waals surface area (Å²) in [4.78, 5) is 2.51. The van der Waals surface area contributed by atoms with Crippen LogP contribution >= 0.6 is 0 Å². The first kappa shape index (κ1) is 9.75. The molecule has 1 saturated heterocycles. The maximum Gasteiger partial charge on any atom is 0.0191 e. The second kappa shape index (κ2) is 5.33. The van der Waals surface area contributed by atoms with Crippen molar-refractivity contribution in [2.75, 3.05) is 32.7 Å². The summed E-state index contributed by atoms with van der Waals surface area (Å²) in [7, 11) is 0. The van der Waals surface area contributed by atoms with Crippen LogP contribution in [0.4, 0.5) is 0 Å². The molecule has 0 aromatic carbocycles. The quantitative estimate of drug-likeness (QED) is 0.638. The molecule has 0 aromatic heterocycles. The summed E-state index contributed by atoms with van der Waals surface area (Å²) in [6.45, 7) is 10.3. The van der Waals surface area contributed by atoms with Gasteiger partial charge in [0.25, 0.3) is 0 Å². The molecule has 0 spiro atoms. The van der Waals surface area contributed by atoms with Gasteiger partial charge in [-0.25, -0.2) is 0 Å². The van der Waals surface area contributed by atoms with Gasteiger partial charge >= 0.3 is 0 Å². The summed E-state index contributed by atoms with van der Waals surface area (Å²) in [5.74, 6) is 0. The van der Waals surface area contributed by atoms with Crippen LogP contribution in [0.15, 0.2) is 11.6 Å². The van der Waals surface area contributed by atoms with Crippen molar-refractivity contribution in [3.05, 3.63) is 11.6 Å². The van der Waals surface area contributed by atoms with Gasteiger partial charge in [0.05, 0.1) is 0 Å². The van der Waals surface area contributed by atoms with Crippen LogP contribution in [0, 0.1) is 0 Å². The molecule has 0 amide bonds. The third-order valence-corrected chi connectivity index (χ3v) is 2.24. The van der Waals surface area contributed by atoms with E-state index < -0.39 is 0 Å². The SMILES string of the molecule is CCC=C(C)CN1CCNCC1. The van der Waals surface area contributed by atoms with Crippen molar-refractivity contribution >= 4 is 0 Å². The van der Waals surface area contributed by atoms with Crippen molar-refractivity contribution in [1.29, 1.82) is 0 Å². The van der Waals surface area contributed by atoms with Gasteiger partial charge in [0.1, 0.15) is 0 Å². The van der Waals surface area contributed by atoms with E-state index in [1.807, 2.05) is 0 Å². The van der Waals surface area contributed by atoms with Gasteiger partial charge in [0.2, 0.25) is 0 Å². The Morgan fingerprint density at radius 3 is 2.67 bits per heavy atom. The Morgan fingerprint density at radius 1 is 1.42 bits per heavy atom. The average Bonchev–Trinajstić information content (AvgIpc) is 2.06. The Hall–Kier alpha value is -0.340. The minimum absolute atomic E-state index is 1.15. The van der Waals surface area contributed by atoms with Crippen LogP contribution < -0.4 is 5.32 Å². The molecule has 1 aliphatic rings. The van der Waals surface area contributed by atoms with Crippen molar-refractivity contribution in [1.82, 2.24) is 10.2 Å². The number of piperazine rings is 1. The Morgan fingerprint density at radius 2 is 2.08 bits per heavy atom. The lowest BCUT2D eigenvalue weighted by Gasteiger charge is -2.27. The topological polar surface area (TPSA) is 15.3 Å². The first-order valence-electron chi connectivity index (χ1n) is 4.91. The lowest BCUT2D eigenvalue weighted by molar-refractivity contribution is 0.259. The molecule has 0 unspecified atom stereocenters. The molecule has 1 fully saturated rings. The smallest absolute Gasteiger partial charge is 0.0191 e. The highest BCUT2D eigenvalue weighted by atomic mass is 15.2. The number of nitrogens with zero attached hydrogens (tertiary/aromatic N) is 1. The first-order valence-corrected chi connectivity index (χ1v) is 4.91. The molecule has 2 heteroatoms. The third-order valence-electron chi connectivity index (χ3n) is 2.24. The van der Waals surface area contributed by atoms with Crippen molar-refractivity contribution in [3.8, 4) is 0 Å². The number of hydrogen-bond donors (Lipinski definition) is 1. The number of nitrogens with one attached hydrogen (secondary N) is 1. The summed E-state index contributed by atoms with van der Waals surface area (Å²) in [5.41, 5.74) is 1.51. The average molecular weight is 168 g/mol. The van der Waals surface area contributed by atoms with Gasteiger partial charge < -0.3 is 5.32 Å². The van der Waals surface area contributed by atoms with E-state index in [2.05, 4.69) is 30.1 Å². The van der Waals surface area contributed by atoms with E-state index in [0.29, 0.717) is 0 Å². The van der Waals surface area contributed by atoms with Gasteiger partial charge in [-0.2, -0.15) is 0 Å². The molecule has 1 heterocycles. The van der Waals surface area contributed by atoms with Crippen LogP contribution in [0.3, 0.4) is 0 Å². The monoisotopic (exact) mass is 168 g/mol. The number of rotatable bonds is 3. The van der Waals surface area contributed by atoms with Crippen molar-refractivity contribution in [2.45, 2.75) is 20.3 Å². The second-order valence-electron chi connectivity index (χ2n) is 3.48.